The molecule has 5 heteroatoms. The summed E-state index contributed by atoms with van der Waals surface area (Å²) in [4.78, 5) is 25.1. The highest BCUT2D eigenvalue weighted by Crippen LogP contribution is 2.39. The molecule has 2 N–H and O–H groups in total. The Morgan fingerprint density at radius 1 is 1.47 bits per heavy atom. The van der Waals surface area contributed by atoms with Gasteiger partial charge in [0, 0.05) is 6.42 Å². The van der Waals surface area contributed by atoms with Crippen molar-refractivity contribution in [3.63, 3.8) is 0 Å². The number of hydrogen-bond acceptors (Lipinski definition) is 4. The third kappa shape index (κ3) is 2.50. The van der Waals surface area contributed by atoms with E-state index in [9.17, 15) is 14.7 Å². The fourth-order valence-corrected chi connectivity index (χ4v) is 1.91. The molecule has 0 aliphatic carbocycles. The van der Waals surface area contributed by atoms with Gasteiger partial charge in [-0.15, -0.1) is 0 Å². The number of imide groups is 1. The van der Waals surface area contributed by atoms with Crippen LogP contribution in [-0.4, -0.2) is 45.7 Å². The van der Waals surface area contributed by atoms with Crippen LogP contribution in [0.3, 0.4) is 0 Å². The molecule has 0 aromatic rings. The van der Waals surface area contributed by atoms with E-state index in [0.29, 0.717) is 0 Å². The van der Waals surface area contributed by atoms with Crippen molar-refractivity contribution in [1.29, 1.82) is 0 Å². The van der Waals surface area contributed by atoms with E-state index in [-0.39, 0.29) is 30.7 Å². The van der Waals surface area contributed by atoms with Crippen molar-refractivity contribution in [1.82, 2.24) is 4.90 Å². The Labute approximate surface area is 101 Å². The van der Waals surface area contributed by atoms with Crippen LogP contribution in [0.4, 0.5) is 0 Å². The Bertz CT molecular complexity index is 337. The highest BCUT2D eigenvalue weighted by molar-refractivity contribution is 6.05. The molecule has 1 rings (SSSR count). The van der Waals surface area contributed by atoms with Gasteiger partial charge in [-0.05, 0) is 19.8 Å². The van der Waals surface area contributed by atoms with E-state index in [4.69, 9.17) is 5.11 Å². The molecule has 0 aromatic carbocycles. The van der Waals surface area contributed by atoms with Gasteiger partial charge in [0.25, 0.3) is 0 Å². The number of hydrogen-bond donors (Lipinski definition) is 2. The van der Waals surface area contributed by atoms with Crippen molar-refractivity contribution in [3.8, 4) is 0 Å². The molecule has 0 bridgehead atoms. The van der Waals surface area contributed by atoms with Crippen LogP contribution in [0.25, 0.3) is 0 Å². The standard InChI is InChI=1S/C12H21NO4/c1-8(2)12(4)5-9(15)13(10(12)16)6-11(3,17)7-14/h8,14,17H,5-7H2,1-4H3. The van der Waals surface area contributed by atoms with Gasteiger partial charge in [-0.1, -0.05) is 13.8 Å². The zero-order valence-corrected chi connectivity index (χ0v) is 10.9. The summed E-state index contributed by atoms with van der Waals surface area (Å²) in [7, 11) is 0. The van der Waals surface area contributed by atoms with Crippen LogP contribution < -0.4 is 0 Å². The highest BCUT2D eigenvalue weighted by Gasteiger charge is 2.51. The number of β-amino-alcohol motifs (C(OH)–C–C–N with tert-alkyl or cyclic N) is 1. The maximum Gasteiger partial charge on any atom is 0.235 e. The maximum atomic E-state index is 12.2. The quantitative estimate of drug-likeness (QED) is 0.689. The summed E-state index contributed by atoms with van der Waals surface area (Å²) in [5, 5.41) is 18.7. The largest absolute Gasteiger partial charge is 0.393 e. The summed E-state index contributed by atoms with van der Waals surface area (Å²) in [6.45, 7) is 6.34. The second-order valence-corrected chi connectivity index (χ2v) is 5.69. The molecule has 0 aromatic heterocycles. The highest BCUT2D eigenvalue weighted by atomic mass is 16.3. The molecule has 1 saturated heterocycles. The molecule has 1 fully saturated rings. The van der Waals surface area contributed by atoms with E-state index in [1.54, 1.807) is 6.92 Å². The predicted molar refractivity (Wildman–Crippen MR) is 62.0 cm³/mol. The summed E-state index contributed by atoms with van der Waals surface area (Å²) >= 11 is 0. The van der Waals surface area contributed by atoms with Crippen molar-refractivity contribution >= 4 is 11.8 Å². The van der Waals surface area contributed by atoms with Crippen LogP contribution in [0.1, 0.15) is 34.1 Å². The van der Waals surface area contributed by atoms with Gasteiger partial charge in [-0.2, -0.15) is 0 Å². The van der Waals surface area contributed by atoms with Gasteiger partial charge in [0.05, 0.1) is 18.6 Å². The van der Waals surface area contributed by atoms with Gasteiger partial charge in [0.15, 0.2) is 0 Å². The molecule has 2 atom stereocenters. The molecule has 0 saturated carbocycles. The smallest absolute Gasteiger partial charge is 0.235 e. The SMILES string of the molecule is CC(C)C1(C)CC(=O)N(CC(C)(O)CO)C1=O. The fraction of sp³-hybridized carbons (Fsp3) is 0.833. The minimum absolute atomic E-state index is 0.0584. The number of carbonyl (C=O) groups is 2. The van der Waals surface area contributed by atoms with Crippen molar-refractivity contribution in [2.45, 2.75) is 39.7 Å². The molecule has 1 aliphatic heterocycles. The first-order chi connectivity index (χ1) is 7.64. The lowest BCUT2D eigenvalue weighted by Gasteiger charge is -2.29. The number of aliphatic hydroxyl groups excluding tert-OH is 1. The van der Waals surface area contributed by atoms with Crippen LogP contribution in [0, 0.1) is 11.3 Å². The molecular formula is C12H21NO4. The Kier molecular flexibility index (Phi) is 3.64. The number of likely N-dealkylation sites (tertiary alicyclic amines) is 1. The summed E-state index contributed by atoms with van der Waals surface area (Å²) in [6.07, 6.45) is 0.172. The van der Waals surface area contributed by atoms with Crippen LogP contribution in [0.2, 0.25) is 0 Å². The number of aliphatic hydroxyl groups is 2. The molecule has 5 nitrogen and oxygen atoms in total. The molecule has 1 heterocycles. The van der Waals surface area contributed by atoms with E-state index in [1.807, 2.05) is 13.8 Å². The Hall–Kier alpha value is -0.940. The summed E-state index contributed by atoms with van der Waals surface area (Å²) < 4.78 is 0. The molecule has 0 radical (unpaired) electrons. The monoisotopic (exact) mass is 243 g/mol. The molecule has 2 amide bonds. The number of nitrogens with zero attached hydrogens (tertiary/aromatic N) is 1. The lowest BCUT2D eigenvalue weighted by Crippen LogP contribution is -2.47. The average molecular weight is 243 g/mol. The number of amides is 2. The molecule has 2 unspecified atom stereocenters. The maximum absolute atomic E-state index is 12.2. The van der Waals surface area contributed by atoms with E-state index < -0.39 is 17.6 Å². The molecule has 1 aliphatic rings. The van der Waals surface area contributed by atoms with Crippen molar-refractivity contribution in [2.24, 2.45) is 11.3 Å². The van der Waals surface area contributed by atoms with Gasteiger partial charge in [-0.25, -0.2) is 0 Å². The Balaban J connectivity index is 2.91. The van der Waals surface area contributed by atoms with Gasteiger partial charge in [0.1, 0.15) is 5.60 Å². The lowest BCUT2D eigenvalue weighted by atomic mass is 9.78. The van der Waals surface area contributed by atoms with Crippen LogP contribution in [0.15, 0.2) is 0 Å². The zero-order chi connectivity index (χ0) is 13.4. The second-order valence-electron chi connectivity index (χ2n) is 5.69. The van der Waals surface area contributed by atoms with Crippen LogP contribution in [0.5, 0.6) is 0 Å². The second kappa shape index (κ2) is 4.38. The minimum Gasteiger partial charge on any atom is -0.393 e. The lowest BCUT2D eigenvalue weighted by molar-refractivity contribution is -0.146. The van der Waals surface area contributed by atoms with E-state index in [2.05, 4.69) is 0 Å². The Morgan fingerprint density at radius 2 is 2.00 bits per heavy atom. The normalized spacial score (nSPS) is 29.0. The first kappa shape index (κ1) is 14.1. The van der Waals surface area contributed by atoms with Crippen LogP contribution in [-0.2, 0) is 9.59 Å². The average Bonchev–Trinajstić information content (AvgIpc) is 2.43. The van der Waals surface area contributed by atoms with Gasteiger partial charge < -0.3 is 10.2 Å². The summed E-state index contributed by atoms with van der Waals surface area (Å²) in [5.74, 6) is -0.478. The minimum atomic E-state index is -1.44. The first-order valence-electron chi connectivity index (χ1n) is 5.82. The summed E-state index contributed by atoms with van der Waals surface area (Å²) in [5.41, 5.74) is -2.13. The topological polar surface area (TPSA) is 77.8 Å². The Morgan fingerprint density at radius 3 is 2.35 bits per heavy atom. The van der Waals surface area contributed by atoms with E-state index >= 15 is 0 Å². The fourth-order valence-electron chi connectivity index (χ4n) is 1.91. The number of rotatable bonds is 4. The number of carbonyl (C=O) groups excluding carboxylic acids is 2. The van der Waals surface area contributed by atoms with Gasteiger partial charge in [0.2, 0.25) is 11.8 Å². The third-order valence-corrected chi connectivity index (χ3v) is 3.67. The molecule has 0 spiro atoms. The van der Waals surface area contributed by atoms with Crippen molar-refractivity contribution in [2.75, 3.05) is 13.2 Å². The zero-order valence-electron chi connectivity index (χ0n) is 10.9. The molecule has 17 heavy (non-hydrogen) atoms. The molecular weight excluding hydrogens is 222 g/mol. The van der Waals surface area contributed by atoms with Crippen molar-refractivity contribution < 1.29 is 19.8 Å². The summed E-state index contributed by atoms with van der Waals surface area (Å²) in [6, 6.07) is 0. The van der Waals surface area contributed by atoms with Crippen molar-refractivity contribution in [3.05, 3.63) is 0 Å². The van der Waals surface area contributed by atoms with E-state index in [1.165, 1.54) is 6.92 Å². The predicted octanol–water partition coefficient (Wildman–Crippen LogP) is 0.151. The van der Waals surface area contributed by atoms with Gasteiger partial charge in [-0.3, -0.25) is 14.5 Å². The van der Waals surface area contributed by atoms with E-state index in [0.717, 1.165) is 4.90 Å². The first-order valence-corrected chi connectivity index (χ1v) is 5.82. The van der Waals surface area contributed by atoms with Crippen LogP contribution >= 0.6 is 0 Å². The third-order valence-electron chi connectivity index (χ3n) is 3.67. The van der Waals surface area contributed by atoms with Gasteiger partial charge >= 0.3 is 0 Å². The molecule has 98 valence electrons.